The van der Waals surface area contributed by atoms with E-state index in [-0.39, 0.29) is 11.5 Å². The minimum Gasteiger partial charge on any atom is -0.496 e. The highest BCUT2D eigenvalue weighted by Crippen LogP contribution is 2.30. The van der Waals surface area contributed by atoms with E-state index in [1.807, 2.05) is 6.92 Å². The lowest BCUT2D eigenvalue weighted by atomic mass is 10.1. The summed E-state index contributed by atoms with van der Waals surface area (Å²) in [6.07, 6.45) is 0.492. The number of methoxy groups -OCH3 is 1. The summed E-state index contributed by atoms with van der Waals surface area (Å²) in [7, 11) is 1.45. The Labute approximate surface area is 108 Å². The number of benzene rings is 1. The number of aromatic carboxylic acids is 1. The molecule has 0 bridgehead atoms. The van der Waals surface area contributed by atoms with Crippen molar-refractivity contribution in [1.29, 1.82) is 0 Å². The fourth-order valence-electron chi connectivity index (χ4n) is 1.79. The maximum absolute atomic E-state index is 13.9. The highest BCUT2D eigenvalue weighted by Gasteiger charge is 2.16. The van der Waals surface area contributed by atoms with E-state index in [1.54, 1.807) is 6.07 Å². The van der Waals surface area contributed by atoms with Crippen molar-refractivity contribution in [3.63, 3.8) is 0 Å². The number of hydrogen-bond donors (Lipinski definition) is 1. The van der Waals surface area contributed by atoms with Crippen LogP contribution in [-0.2, 0) is 6.42 Å². The number of carbonyl (C=O) groups is 1. The zero-order chi connectivity index (χ0) is 14.0. The van der Waals surface area contributed by atoms with Gasteiger partial charge in [0, 0.05) is 17.2 Å². The normalized spacial score (nSPS) is 10.5. The summed E-state index contributed by atoms with van der Waals surface area (Å²) in [5.41, 5.74) is 0.615. The largest absolute Gasteiger partial charge is 0.496 e. The molecule has 2 rings (SSSR count). The average Bonchev–Trinajstić information content (AvgIpc) is 2.87. The molecule has 0 saturated heterocycles. The first-order valence-electron chi connectivity index (χ1n) is 5.63. The van der Waals surface area contributed by atoms with Crippen molar-refractivity contribution >= 4 is 5.97 Å². The maximum Gasteiger partial charge on any atom is 0.358 e. The molecule has 0 radical (unpaired) electrons. The Hall–Kier alpha value is -2.37. The molecule has 100 valence electrons. The smallest absolute Gasteiger partial charge is 0.358 e. The van der Waals surface area contributed by atoms with E-state index in [9.17, 15) is 9.18 Å². The minimum absolute atomic E-state index is 0.178. The van der Waals surface area contributed by atoms with Gasteiger partial charge in [-0.1, -0.05) is 12.1 Å². The first-order valence-corrected chi connectivity index (χ1v) is 5.63. The van der Waals surface area contributed by atoms with Crippen molar-refractivity contribution in [2.75, 3.05) is 7.11 Å². The van der Waals surface area contributed by atoms with Gasteiger partial charge in [-0.2, -0.15) is 0 Å². The average molecular weight is 265 g/mol. The van der Waals surface area contributed by atoms with Crippen molar-refractivity contribution < 1.29 is 23.6 Å². The number of halogens is 1. The van der Waals surface area contributed by atoms with Gasteiger partial charge >= 0.3 is 5.97 Å². The highest BCUT2D eigenvalue weighted by atomic mass is 19.1. The third kappa shape index (κ3) is 2.42. The van der Waals surface area contributed by atoms with E-state index in [0.717, 1.165) is 0 Å². The van der Waals surface area contributed by atoms with Crippen molar-refractivity contribution in [2.45, 2.75) is 13.3 Å². The van der Waals surface area contributed by atoms with Crippen molar-refractivity contribution in [1.82, 2.24) is 5.16 Å². The molecule has 1 heterocycles. The van der Waals surface area contributed by atoms with Crippen molar-refractivity contribution in [3.8, 4) is 17.1 Å². The Kier molecular flexibility index (Phi) is 3.50. The summed E-state index contributed by atoms with van der Waals surface area (Å²) in [5, 5.41) is 12.1. The topological polar surface area (TPSA) is 72.6 Å². The second-order valence-electron chi connectivity index (χ2n) is 3.87. The standard InChI is InChI=1S/C13H12FNO4/c1-3-8-9(14)4-7(5-12(8)18-2)11-6-10(13(16)17)15-19-11/h4-6H,3H2,1-2H3,(H,16,17). The lowest BCUT2D eigenvalue weighted by Crippen LogP contribution is -1.96. The van der Waals surface area contributed by atoms with Crippen LogP contribution in [0, 0.1) is 5.82 Å². The molecule has 0 atom stereocenters. The number of aromatic nitrogens is 1. The lowest BCUT2D eigenvalue weighted by molar-refractivity contribution is 0.0686. The van der Waals surface area contributed by atoms with Crippen LogP contribution in [0.3, 0.4) is 0 Å². The van der Waals surface area contributed by atoms with Crippen molar-refractivity contribution in [2.24, 2.45) is 0 Å². The Morgan fingerprint density at radius 2 is 2.21 bits per heavy atom. The van der Waals surface area contributed by atoms with E-state index in [4.69, 9.17) is 14.4 Å². The molecule has 0 saturated carbocycles. The molecule has 0 unspecified atom stereocenters. The van der Waals surface area contributed by atoms with Gasteiger partial charge in [0.25, 0.3) is 0 Å². The van der Waals surface area contributed by atoms with E-state index < -0.39 is 11.8 Å². The van der Waals surface area contributed by atoms with E-state index in [1.165, 1.54) is 19.2 Å². The molecule has 2 aromatic rings. The van der Waals surface area contributed by atoms with Crippen LogP contribution in [-0.4, -0.2) is 23.3 Å². The van der Waals surface area contributed by atoms with Gasteiger partial charge in [-0.25, -0.2) is 9.18 Å². The molecule has 6 heteroatoms. The second kappa shape index (κ2) is 5.09. The molecule has 0 aliphatic heterocycles. The quantitative estimate of drug-likeness (QED) is 0.920. The van der Waals surface area contributed by atoms with Gasteiger partial charge in [0.15, 0.2) is 11.5 Å². The summed E-state index contributed by atoms with van der Waals surface area (Å²) < 4.78 is 23.9. The first-order chi connectivity index (χ1) is 9.06. The zero-order valence-electron chi connectivity index (χ0n) is 10.4. The van der Waals surface area contributed by atoms with E-state index in [2.05, 4.69) is 5.16 Å². The van der Waals surface area contributed by atoms with Gasteiger partial charge in [-0.3, -0.25) is 0 Å². The first kappa shape index (κ1) is 13.1. The van der Waals surface area contributed by atoms with E-state index in [0.29, 0.717) is 23.3 Å². The molecule has 0 aliphatic rings. The number of carboxylic acid groups (broad SMARTS) is 1. The summed E-state index contributed by atoms with van der Waals surface area (Å²) in [6.45, 7) is 1.82. The molecule has 1 N–H and O–H groups in total. The van der Waals surface area contributed by atoms with Crippen LogP contribution in [0.15, 0.2) is 22.7 Å². The summed E-state index contributed by atoms with van der Waals surface area (Å²) in [5.74, 6) is -1.05. The molecule has 0 spiro atoms. The minimum atomic E-state index is -1.20. The second-order valence-corrected chi connectivity index (χ2v) is 3.87. The highest BCUT2D eigenvalue weighted by molar-refractivity contribution is 5.86. The fraction of sp³-hybridized carbons (Fsp3) is 0.231. The number of ether oxygens (including phenoxy) is 1. The zero-order valence-corrected chi connectivity index (χ0v) is 10.4. The van der Waals surface area contributed by atoms with Crippen LogP contribution in [0.2, 0.25) is 0 Å². The number of nitrogens with zero attached hydrogens (tertiary/aromatic N) is 1. The predicted molar refractivity (Wildman–Crippen MR) is 64.8 cm³/mol. The number of hydrogen-bond acceptors (Lipinski definition) is 4. The van der Waals surface area contributed by atoms with Crippen LogP contribution < -0.4 is 4.74 Å². The summed E-state index contributed by atoms with van der Waals surface area (Å²) in [4.78, 5) is 10.7. The molecular weight excluding hydrogens is 253 g/mol. The van der Waals surface area contributed by atoms with Crippen LogP contribution >= 0.6 is 0 Å². The van der Waals surface area contributed by atoms with Crippen LogP contribution in [0.5, 0.6) is 5.75 Å². The molecule has 1 aromatic carbocycles. The maximum atomic E-state index is 13.9. The van der Waals surface area contributed by atoms with Crippen LogP contribution in [0.1, 0.15) is 23.0 Å². The molecule has 19 heavy (non-hydrogen) atoms. The van der Waals surface area contributed by atoms with Gasteiger partial charge in [-0.15, -0.1) is 0 Å². The number of carboxylic acids is 1. The monoisotopic (exact) mass is 265 g/mol. The third-order valence-corrected chi connectivity index (χ3v) is 2.74. The van der Waals surface area contributed by atoms with Gasteiger partial charge in [0.1, 0.15) is 11.6 Å². The molecule has 0 fully saturated rings. The fourth-order valence-corrected chi connectivity index (χ4v) is 1.79. The van der Waals surface area contributed by atoms with Gasteiger partial charge in [0.05, 0.1) is 7.11 Å². The molecule has 5 nitrogen and oxygen atoms in total. The summed E-state index contributed by atoms with van der Waals surface area (Å²) >= 11 is 0. The Balaban J connectivity index is 2.50. The van der Waals surface area contributed by atoms with Crippen LogP contribution in [0.4, 0.5) is 4.39 Å². The molecule has 0 aliphatic carbocycles. The lowest BCUT2D eigenvalue weighted by Gasteiger charge is -2.09. The predicted octanol–water partition coefficient (Wildman–Crippen LogP) is 2.75. The Morgan fingerprint density at radius 3 is 2.74 bits per heavy atom. The Bertz CT molecular complexity index is 621. The van der Waals surface area contributed by atoms with Gasteiger partial charge < -0.3 is 14.4 Å². The van der Waals surface area contributed by atoms with Gasteiger partial charge in [-0.05, 0) is 18.6 Å². The SMILES string of the molecule is CCc1c(F)cc(-c2cc(C(=O)O)no2)cc1OC. The Morgan fingerprint density at radius 1 is 1.47 bits per heavy atom. The molecular formula is C13H12FNO4. The van der Waals surface area contributed by atoms with E-state index >= 15 is 0 Å². The molecule has 0 amide bonds. The van der Waals surface area contributed by atoms with Crippen molar-refractivity contribution in [3.05, 3.63) is 35.3 Å². The summed E-state index contributed by atoms with van der Waals surface area (Å²) in [6, 6.07) is 4.10. The molecule has 1 aromatic heterocycles. The number of rotatable bonds is 4. The van der Waals surface area contributed by atoms with Crippen LogP contribution in [0.25, 0.3) is 11.3 Å². The van der Waals surface area contributed by atoms with Gasteiger partial charge in [0.2, 0.25) is 0 Å². The third-order valence-electron chi connectivity index (χ3n) is 2.74.